The maximum atomic E-state index is 11.5. The Labute approximate surface area is 108 Å². The van der Waals surface area contributed by atoms with E-state index in [4.69, 9.17) is 5.73 Å². The van der Waals surface area contributed by atoms with Gasteiger partial charge in [0.05, 0.1) is 18.3 Å². The van der Waals surface area contributed by atoms with Gasteiger partial charge in [0.1, 0.15) is 0 Å². The van der Waals surface area contributed by atoms with Crippen LogP contribution in [-0.4, -0.2) is 42.5 Å². The van der Waals surface area contributed by atoms with Gasteiger partial charge in [-0.1, -0.05) is 13.0 Å². The average Bonchev–Trinajstić information content (AvgIpc) is 2.41. The SMILES string of the molecule is CCCN(CC(=O)NC)C(CN)c1ccccn1. The Hall–Kier alpha value is -1.46. The number of nitrogens with two attached hydrogens (primary N) is 1. The third-order valence-corrected chi connectivity index (χ3v) is 2.83. The lowest BCUT2D eigenvalue weighted by molar-refractivity contribution is -0.122. The van der Waals surface area contributed by atoms with Gasteiger partial charge in [-0.15, -0.1) is 0 Å². The lowest BCUT2D eigenvalue weighted by Crippen LogP contribution is -2.41. The number of nitrogens with zero attached hydrogens (tertiary/aromatic N) is 2. The minimum atomic E-state index is -0.0107. The van der Waals surface area contributed by atoms with Gasteiger partial charge in [0.25, 0.3) is 0 Å². The highest BCUT2D eigenvalue weighted by atomic mass is 16.1. The fourth-order valence-electron chi connectivity index (χ4n) is 1.93. The maximum Gasteiger partial charge on any atom is 0.233 e. The van der Waals surface area contributed by atoms with Crippen LogP contribution in [0.5, 0.6) is 0 Å². The van der Waals surface area contributed by atoms with E-state index >= 15 is 0 Å². The molecular weight excluding hydrogens is 228 g/mol. The zero-order chi connectivity index (χ0) is 13.4. The Morgan fingerprint density at radius 3 is 2.83 bits per heavy atom. The second kappa shape index (κ2) is 7.79. The number of hydrogen-bond acceptors (Lipinski definition) is 4. The van der Waals surface area contributed by atoms with Crippen molar-refractivity contribution >= 4 is 5.91 Å². The highest BCUT2D eigenvalue weighted by Gasteiger charge is 2.21. The van der Waals surface area contributed by atoms with Crippen molar-refractivity contribution in [2.75, 3.05) is 26.7 Å². The first-order chi connectivity index (χ1) is 8.72. The highest BCUT2D eigenvalue weighted by Crippen LogP contribution is 2.17. The summed E-state index contributed by atoms with van der Waals surface area (Å²) in [4.78, 5) is 17.9. The Morgan fingerprint density at radius 2 is 2.33 bits per heavy atom. The van der Waals surface area contributed by atoms with Gasteiger partial charge < -0.3 is 11.1 Å². The molecular formula is C13H22N4O. The topological polar surface area (TPSA) is 71.2 Å². The molecule has 0 fully saturated rings. The monoisotopic (exact) mass is 250 g/mol. The molecule has 1 aromatic rings. The molecule has 1 rings (SSSR count). The normalized spacial score (nSPS) is 12.4. The number of hydrogen-bond donors (Lipinski definition) is 2. The molecule has 0 bridgehead atoms. The van der Waals surface area contributed by atoms with Crippen LogP contribution in [0.15, 0.2) is 24.4 Å². The van der Waals surface area contributed by atoms with Crippen LogP contribution in [0.4, 0.5) is 0 Å². The van der Waals surface area contributed by atoms with E-state index in [2.05, 4.69) is 22.1 Å². The molecule has 18 heavy (non-hydrogen) atoms. The number of carbonyl (C=O) groups excluding carboxylic acids is 1. The smallest absolute Gasteiger partial charge is 0.233 e. The van der Waals surface area contributed by atoms with Gasteiger partial charge in [0.15, 0.2) is 0 Å². The van der Waals surface area contributed by atoms with Crippen molar-refractivity contribution < 1.29 is 4.79 Å². The zero-order valence-electron chi connectivity index (χ0n) is 11.1. The van der Waals surface area contributed by atoms with Crippen molar-refractivity contribution in [1.82, 2.24) is 15.2 Å². The number of amides is 1. The van der Waals surface area contributed by atoms with Crippen LogP contribution in [0.2, 0.25) is 0 Å². The third-order valence-electron chi connectivity index (χ3n) is 2.83. The third kappa shape index (κ3) is 4.09. The summed E-state index contributed by atoms with van der Waals surface area (Å²) >= 11 is 0. The summed E-state index contributed by atoms with van der Waals surface area (Å²) in [5.74, 6) is -0.00201. The minimum Gasteiger partial charge on any atom is -0.358 e. The van der Waals surface area contributed by atoms with Crippen molar-refractivity contribution in [2.24, 2.45) is 5.73 Å². The van der Waals surface area contributed by atoms with Gasteiger partial charge in [0.2, 0.25) is 5.91 Å². The molecule has 0 radical (unpaired) electrons. The molecule has 0 aromatic carbocycles. The molecule has 1 amide bonds. The standard InChI is InChI=1S/C13H22N4O/c1-3-8-17(10-13(18)15-2)12(9-14)11-6-4-5-7-16-11/h4-7,12H,3,8-10,14H2,1-2H3,(H,15,18). The molecule has 1 atom stereocenters. The van der Waals surface area contributed by atoms with Crippen LogP contribution in [0.1, 0.15) is 25.1 Å². The van der Waals surface area contributed by atoms with Gasteiger partial charge in [-0.05, 0) is 25.1 Å². The fraction of sp³-hybridized carbons (Fsp3) is 0.538. The van der Waals surface area contributed by atoms with Gasteiger partial charge >= 0.3 is 0 Å². The number of likely N-dealkylation sites (N-methyl/N-ethyl adjacent to an activating group) is 1. The maximum absolute atomic E-state index is 11.5. The van der Waals surface area contributed by atoms with Crippen molar-refractivity contribution in [3.63, 3.8) is 0 Å². The molecule has 0 aliphatic rings. The van der Waals surface area contributed by atoms with Gasteiger partial charge in [-0.25, -0.2) is 0 Å². The van der Waals surface area contributed by atoms with Crippen LogP contribution >= 0.6 is 0 Å². The first kappa shape index (κ1) is 14.6. The van der Waals surface area contributed by atoms with Gasteiger partial charge in [0, 0.05) is 19.8 Å². The van der Waals surface area contributed by atoms with E-state index < -0.39 is 0 Å². The summed E-state index contributed by atoms with van der Waals surface area (Å²) in [6, 6.07) is 5.75. The summed E-state index contributed by atoms with van der Waals surface area (Å²) in [5.41, 5.74) is 6.75. The highest BCUT2D eigenvalue weighted by molar-refractivity contribution is 5.77. The summed E-state index contributed by atoms with van der Waals surface area (Å²) in [6.45, 7) is 3.71. The Morgan fingerprint density at radius 1 is 1.56 bits per heavy atom. The van der Waals surface area contributed by atoms with E-state index in [-0.39, 0.29) is 11.9 Å². The molecule has 3 N–H and O–H groups in total. The van der Waals surface area contributed by atoms with E-state index in [0.29, 0.717) is 13.1 Å². The quantitative estimate of drug-likeness (QED) is 0.741. The van der Waals surface area contributed by atoms with Crippen LogP contribution < -0.4 is 11.1 Å². The Balaban J connectivity index is 2.83. The van der Waals surface area contributed by atoms with Gasteiger partial charge in [-0.3, -0.25) is 14.7 Å². The predicted octanol–water partition coefficient (Wildman–Crippen LogP) is 0.539. The Kier molecular flexibility index (Phi) is 6.32. The zero-order valence-corrected chi connectivity index (χ0v) is 11.1. The number of aromatic nitrogens is 1. The molecule has 1 unspecified atom stereocenters. The lowest BCUT2D eigenvalue weighted by Gasteiger charge is -2.29. The van der Waals surface area contributed by atoms with Gasteiger partial charge in [-0.2, -0.15) is 0 Å². The largest absolute Gasteiger partial charge is 0.358 e. The number of pyridine rings is 1. The van der Waals surface area contributed by atoms with Crippen molar-refractivity contribution in [3.8, 4) is 0 Å². The predicted molar refractivity (Wildman–Crippen MR) is 72.0 cm³/mol. The molecule has 0 saturated carbocycles. The summed E-state index contributed by atoms with van der Waals surface area (Å²) in [7, 11) is 1.64. The summed E-state index contributed by atoms with van der Waals surface area (Å²) < 4.78 is 0. The second-order valence-corrected chi connectivity index (χ2v) is 4.15. The van der Waals surface area contributed by atoms with Crippen molar-refractivity contribution in [3.05, 3.63) is 30.1 Å². The van der Waals surface area contributed by atoms with E-state index in [9.17, 15) is 4.79 Å². The average molecular weight is 250 g/mol. The van der Waals surface area contributed by atoms with E-state index in [0.717, 1.165) is 18.7 Å². The number of carbonyl (C=O) groups is 1. The van der Waals surface area contributed by atoms with E-state index in [1.807, 2.05) is 18.2 Å². The molecule has 5 nitrogen and oxygen atoms in total. The molecule has 100 valence electrons. The van der Waals surface area contributed by atoms with Crippen LogP contribution in [-0.2, 0) is 4.79 Å². The van der Waals surface area contributed by atoms with E-state index in [1.165, 1.54) is 0 Å². The second-order valence-electron chi connectivity index (χ2n) is 4.15. The minimum absolute atomic E-state index is 0.00201. The van der Waals surface area contributed by atoms with Crippen LogP contribution in [0.25, 0.3) is 0 Å². The van der Waals surface area contributed by atoms with E-state index in [1.54, 1.807) is 13.2 Å². The number of rotatable bonds is 7. The molecule has 0 saturated heterocycles. The molecule has 1 heterocycles. The Bertz CT molecular complexity index is 355. The molecule has 5 heteroatoms. The van der Waals surface area contributed by atoms with Crippen LogP contribution in [0, 0.1) is 0 Å². The van der Waals surface area contributed by atoms with Crippen molar-refractivity contribution in [1.29, 1.82) is 0 Å². The molecule has 0 spiro atoms. The lowest BCUT2D eigenvalue weighted by atomic mass is 10.1. The first-order valence-electron chi connectivity index (χ1n) is 6.28. The van der Waals surface area contributed by atoms with Crippen molar-refractivity contribution in [2.45, 2.75) is 19.4 Å². The molecule has 0 aliphatic carbocycles. The molecule has 1 aromatic heterocycles. The number of nitrogens with one attached hydrogen (secondary N) is 1. The van der Waals surface area contributed by atoms with Crippen LogP contribution in [0.3, 0.4) is 0 Å². The summed E-state index contributed by atoms with van der Waals surface area (Å²) in [6.07, 6.45) is 2.72. The first-order valence-corrected chi connectivity index (χ1v) is 6.28. The fourth-order valence-corrected chi connectivity index (χ4v) is 1.93. The summed E-state index contributed by atoms with van der Waals surface area (Å²) in [5, 5.41) is 2.64. The molecule has 0 aliphatic heterocycles.